The molecule has 0 fully saturated rings. The third-order valence-corrected chi connectivity index (χ3v) is 16.4. The fourth-order valence-corrected chi connectivity index (χ4v) is 15.1. The Balaban J connectivity index is 1.81. The molecule has 40 heavy (non-hydrogen) atoms. The second-order valence-corrected chi connectivity index (χ2v) is 15.8. The Kier molecular flexibility index (Phi) is 4.46. The average Bonchev–Trinajstić information content (AvgIpc) is 3.83. The van der Waals surface area contributed by atoms with Crippen LogP contribution in [-0.2, 0) is 0 Å². The maximum absolute atomic E-state index is 6.44. The van der Waals surface area contributed by atoms with Gasteiger partial charge < -0.3 is 13.4 Å². The summed E-state index contributed by atoms with van der Waals surface area (Å²) in [6.45, 7) is 0. The number of hydrogen-bond donors (Lipinski definition) is 2. The Morgan fingerprint density at radius 3 is 2.55 bits per heavy atom. The molecule has 7 aromatic heterocycles. The molecule has 0 amide bonds. The maximum Gasteiger partial charge on any atom is 0.237 e. The minimum atomic E-state index is -5.34. The molecule has 0 atom stereocenters. The molecule has 1 aliphatic rings. The zero-order chi connectivity index (χ0) is 26.7. The molecular formula is C23H15N11O3S3. The largest absolute Gasteiger partial charge is 0.458 e. The van der Waals surface area contributed by atoms with Crippen LogP contribution in [0.2, 0.25) is 0 Å². The van der Waals surface area contributed by atoms with Crippen molar-refractivity contribution >= 4 is 47.3 Å². The Morgan fingerprint density at radius 1 is 0.900 bits per heavy atom. The number of oxazole rings is 1. The van der Waals surface area contributed by atoms with Gasteiger partial charge in [0.05, 0.1) is 27.1 Å². The van der Waals surface area contributed by atoms with E-state index in [1.807, 2.05) is 29.0 Å². The number of aromatic nitrogens is 10. The molecule has 8 rings (SSSR count). The molecule has 14 nitrogen and oxygen atoms in total. The zero-order valence-electron chi connectivity index (χ0n) is 20.0. The number of aromatic amines is 2. The minimum absolute atomic E-state index is 0.162. The molecular weight excluding hydrogens is 575 g/mol. The van der Waals surface area contributed by atoms with Crippen LogP contribution in [0, 0.1) is 0 Å². The predicted octanol–water partition coefficient (Wildman–Crippen LogP) is 4.80. The lowest BCUT2D eigenvalue weighted by molar-refractivity contribution is 0.418. The van der Waals surface area contributed by atoms with E-state index in [0.29, 0.717) is 41.3 Å². The van der Waals surface area contributed by atoms with Crippen LogP contribution in [0.25, 0.3) is 10.5 Å². The van der Waals surface area contributed by atoms with Crippen LogP contribution in [0.1, 0.15) is 16.6 Å². The van der Waals surface area contributed by atoms with Gasteiger partial charge in [-0.2, -0.15) is 10.3 Å². The summed E-state index contributed by atoms with van der Waals surface area (Å²) >= 11 is 2.83. The fraction of sp³-hybridized carbons (Fsp3) is 0. The van der Waals surface area contributed by atoms with Crippen molar-refractivity contribution in [1.29, 1.82) is 0 Å². The summed E-state index contributed by atoms with van der Waals surface area (Å²) in [7, 11) is -5.34. The summed E-state index contributed by atoms with van der Waals surface area (Å²) in [4.78, 5) is 14.6. The highest BCUT2D eigenvalue weighted by molar-refractivity contribution is 8.70. The molecule has 0 aromatic carbocycles. The van der Waals surface area contributed by atoms with E-state index in [4.69, 9.17) is 22.7 Å². The third kappa shape index (κ3) is 2.31. The average molecular weight is 590 g/mol. The molecule has 7 aromatic rings. The number of nitrogens with one attached hydrogen (secondary N) is 2. The smallest absolute Gasteiger partial charge is 0.237 e. The Hall–Kier alpha value is -5.00. The van der Waals surface area contributed by atoms with E-state index < -0.39 is 8.48 Å². The first kappa shape index (κ1) is 22.9. The zero-order valence-corrected chi connectivity index (χ0v) is 22.4. The number of thiophene rings is 1. The van der Waals surface area contributed by atoms with Crippen molar-refractivity contribution in [2.45, 2.75) is 19.6 Å². The standard InChI is InChI=1S/C23H15N11O3S3/c1-3-15(35-8-1)40(16-4-2-11-38-16,22-26-13-27-28-22,23-29-33-34-30-23)19(20-24-6-10-36-20)17(14-5-9-37-31-14)18(32-40)21-25-7-12-39-21/h1-13H,(H,26,27,28)(H,29,30,33,34). The number of furan rings is 1. The summed E-state index contributed by atoms with van der Waals surface area (Å²) in [5.74, 6) is 0.209. The van der Waals surface area contributed by atoms with E-state index in [1.165, 1.54) is 41.5 Å². The monoisotopic (exact) mass is 589 g/mol. The number of hydrogen-bond acceptors (Lipinski definition) is 14. The second kappa shape index (κ2) is 7.78. The molecule has 0 aliphatic carbocycles. The summed E-state index contributed by atoms with van der Waals surface area (Å²) in [5, 5.41) is 33.0. The van der Waals surface area contributed by atoms with Gasteiger partial charge in [0.25, 0.3) is 0 Å². The van der Waals surface area contributed by atoms with Crippen molar-refractivity contribution < 1.29 is 13.4 Å². The summed E-state index contributed by atoms with van der Waals surface area (Å²) in [5.41, 5.74) is 1.44. The summed E-state index contributed by atoms with van der Waals surface area (Å²) in [6.07, 6.45) is 9.18. The molecule has 2 N–H and O–H groups in total. The normalized spacial score (nSPS) is 19.1. The molecule has 0 unspecified atom stereocenters. The second-order valence-electron chi connectivity index (χ2n) is 8.53. The lowest BCUT2D eigenvalue weighted by Crippen LogP contribution is -2.37. The van der Waals surface area contributed by atoms with E-state index in [9.17, 15) is 0 Å². The molecule has 8 heterocycles. The lowest BCUT2D eigenvalue weighted by Gasteiger charge is -2.67. The number of rotatable bonds is 7. The summed E-state index contributed by atoms with van der Waals surface area (Å²) in [6, 6.07) is 9.17. The molecule has 0 saturated carbocycles. The van der Waals surface area contributed by atoms with Crippen LogP contribution in [0.15, 0.2) is 116 Å². The predicted molar refractivity (Wildman–Crippen MR) is 143 cm³/mol. The van der Waals surface area contributed by atoms with Crippen LogP contribution < -0.4 is 0 Å². The van der Waals surface area contributed by atoms with Gasteiger partial charge in [-0.05, 0) is 28.8 Å². The van der Waals surface area contributed by atoms with Crippen LogP contribution in [0.4, 0.5) is 0 Å². The first-order chi connectivity index (χ1) is 19.8. The first-order valence-electron chi connectivity index (χ1n) is 11.5. The van der Waals surface area contributed by atoms with Crippen molar-refractivity contribution in [2.75, 3.05) is 0 Å². The van der Waals surface area contributed by atoms with Crippen LogP contribution in [-0.4, -0.2) is 56.6 Å². The molecule has 0 bridgehead atoms. The van der Waals surface area contributed by atoms with E-state index in [1.54, 1.807) is 30.8 Å². The number of allylic oxidation sites excluding steroid dienone is 1. The fourth-order valence-electron chi connectivity index (χ4n) is 5.41. The van der Waals surface area contributed by atoms with Gasteiger partial charge in [0, 0.05) is 26.1 Å². The number of tetrazole rings is 1. The van der Waals surface area contributed by atoms with E-state index in [-0.39, 0.29) is 11.0 Å². The van der Waals surface area contributed by atoms with Crippen molar-refractivity contribution in [3.8, 4) is 0 Å². The highest BCUT2D eigenvalue weighted by Gasteiger charge is 2.82. The molecule has 0 spiro atoms. The highest BCUT2D eigenvalue weighted by atomic mass is 32.4. The molecule has 17 heteroatoms. The van der Waals surface area contributed by atoms with Crippen molar-refractivity contribution in [1.82, 2.24) is 50.9 Å². The molecule has 198 valence electrons. The SMILES string of the molecule is c1coc(S2(c3nn[nH]n3)(c3ncn[nH]3)(c3cccs3)N=C(c3nccs3)C(c3ccon3)=C2c2ncco2)c1. The quantitative estimate of drug-likeness (QED) is 0.260. The number of H-pyrrole nitrogens is 2. The van der Waals surface area contributed by atoms with Gasteiger partial charge in [0.1, 0.15) is 35.3 Å². The van der Waals surface area contributed by atoms with Crippen molar-refractivity contribution in [3.63, 3.8) is 0 Å². The van der Waals surface area contributed by atoms with Gasteiger partial charge >= 0.3 is 0 Å². The van der Waals surface area contributed by atoms with Crippen molar-refractivity contribution in [2.24, 2.45) is 4.40 Å². The first-order valence-corrected chi connectivity index (χ1v) is 15.7. The van der Waals surface area contributed by atoms with Crippen LogP contribution in [0.5, 0.6) is 0 Å². The van der Waals surface area contributed by atoms with E-state index in [2.05, 4.69) is 45.9 Å². The van der Waals surface area contributed by atoms with Crippen molar-refractivity contribution in [3.05, 3.63) is 95.2 Å². The van der Waals surface area contributed by atoms with Gasteiger partial charge in [-0.15, -0.1) is 32.9 Å². The van der Waals surface area contributed by atoms with Gasteiger partial charge in [0.2, 0.25) is 11.0 Å². The highest BCUT2D eigenvalue weighted by Crippen LogP contribution is 3.13. The van der Waals surface area contributed by atoms with E-state index in [0.717, 1.165) is 0 Å². The van der Waals surface area contributed by atoms with Gasteiger partial charge in [-0.25, -0.2) is 19.3 Å². The topological polar surface area (TPSA) is 186 Å². The number of nitrogens with zero attached hydrogens (tertiary/aromatic N) is 9. The van der Waals surface area contributed by atoms with Gasteiger partial charge in [-0.1, -0.05) is 11.2 Å². The summed E-state index contributed by atoms with van der Waals surface area (Å²) < 4.78 is 24.4. The Bertz CT molecular complexity index is 1820. The van der Waals surface area contributed by atoms with Gasteiger partial charge in [0.15, 0.2) is 10.2 Å². The molecule has 1 aliphatic heterocycles. The Labute approximate surface area is 230 Å². The minimum Gasteiger partial charge on any atom is -0.458 e. The van der Waals surface area contributed by atoms with E-state index >= 15 is 0 Å². The molecule has 0 saturated heterocycles. The van der Waals surface area contributed by atoms with Crippen LogP contribution >= 0.6 is 31.2 Å². The van der Waals surface area contributed by atoms with Crippen LogP contribution in [0.3, 0.4) is 0 Å². The number of thiazole rings is 1. The maximum atomic E-state index is 6.44. The lowest BCUT2D eigenvalue weighted by atomic mass is 10.1. The molecule has 0 radical (unpaired) electrons. The third-order valence-electron chi connectivity index (χ3n) is 6.85. The van der Waals surface area contributed by atoms with Gasteiger partial charge in [-0.3, -0.25) is 5.10 Å². The Morgan fingerprint density at radius 2 is 1.90 bits per heavy atom.